The van der Waals surface area contributed by atoms with Gasteiger partial charge < -0.3 is 15.6 Å². The fraction of sp³-hybridized carbons (Fsp3) is 0.700. The Kier molecular flexibility index (Phi) is 7.38. The average Bonchev–Trinajstić information content (AvgIpc) is 2.98. The maximum absolute atomic E-state index is 9.38. The largest absolute Gasteiger partial charge is 0.494 e. The zero-order chi connectivity index (χ0) is 16.5. The van der Waals surface area contributed by atoms with Crippen molar-refractivity contribution in [3.05, 3.63) is 29.8 Å². The van der Waals surface area contributed by atoms with Crippen molar-refractivity contribution in [3.63, 3.8) is 0 Å². The van der Waals surface area contributed by atoms with E-state index in [1.54, 1.807) is 0 Å². The second-order valence-corrected chi connectivity index (χ2v) is 7.15. The fourth-order valence-corrected chi connectivity index (χ4v) is 3.49. The first kappa shape index (κ1) is 18.3. The van der Waals surface area contributed by atoms with E-state index in [9.17, 15) is 5.11 Å². The second-order valence-electron chi connectivity index (χ2n) is 7.15. The van der Waals surface area contributed by atoms with E-state index < -0.39 is 0 Å². The van der Waals surface area contributed by atoms with Gasteiger partial charge in [0.1, 0.15) is 5.75 Å². The van der Waals surface area contributed by atoms with Gasteiger partial charge in [-0.15, -0.1) is 0 Å². The molecule has 1 fully saturated rings. The van der Waals surface area contributed by atoms with Crippen molar-refractivity contribution in [1.82, 2.24) is 0 Å². The molecule has 2 rings (SSSR count). The molecule has 0 heterocycles. The van der Waals surface area contributed by atoms with Crippen LogP contribution in [0.3, 0.4) is 0 Å². The summed E-state index contributed by atoms with van der Waals surface area (Å²) in [4.78, 5) is 0. The number of hydrogen-bond donors (Lipinski definition) is 2. The van der Waals surface area contributed by atoms with E-state index in [4.69, 9.17) is 10.5 Å². The second kappa shape index (κ2) is 9.29. The van der Waals surface area contributed by atoms with Crippen molar-refractivity contribution < 1.29 is 9.84 Å². The number of benzene rings is 1. The monoisotopic (exact) mass is 319 g/mol. The summed E-state index contributed by atoms with van der Waals surface area (Å²) in [6, 6.07) is 8.46. The molecule has 1 aromatic rings. The van der Waals surface area contributed by atoms with Crippen molar-refractivity contribution in [2.45, 2.75) is 76.2 Å². The molecule has 0 amide bonds. The number of aliphatic hydroxyl groups excluding tert-OH is 1. The zero-order valence-electron chi connectivity index (χ0n) is 14.6. The van der Waals surface area contributed by atoms with Crippen molar-refractivity contribution in [2.24, 2.45) is 5.73 Å². The molecular formula is C20H33NO2. The first-order chi connectivity index (χ1) is 11.2. The van der Waals surface area contributed by atoms with Crippen molar-refractivity contribution in [2.75, 3.05) is 13.2 Å². The summed E-state index contributed by atoms with van der Waals surface area (Å²) in [5.74, 6) is 1.43. The number of rotatable bonds is 10. The van der Waals surface area contributed by atoms with Gasteiger partial charge in [-0.25, -0.2) is 0 Å². The molecule has 1 aliphatic rings. The maximum atomic E-state index is 9.38. The quantitative estimate of drug-likeness (QED) is 0.629. The van der Waals surface area contributed by atoms with Crippen molar-refractivity contribution in [3.8, 4) is 5.75 Å². The lowest BCUT2D eigenvalue weighted by molar-refractivity contribution is 0.198. The third kappa shape index (κ3) is 5.82. The lowest BCUT2D eigenvalue weighted by atomic mass is 9.94. The summed E-state index contributed by atoms with van der Waals surface area (Å²) in [6.07, 6.45) is 10.6. The molecule has 1 saturated carbocycles. The molecule has 3 nitrogen and oxygen atoms in total. The van der Waals surface area contributed by atoms with Crippen LogP contribution in [0.15, 0.2) is 24.3 Å². The molecule has 1 aliphatic carbocycles. The van der Waals surface area contributed by atoms with Crippen LogP contribution < -0.4 is 10.5 Å². The molecule has 0 radical (unpaired) electrons. The van der Waals surface area contributed by atoms with Gasteiger partial charge in [0.05, 0.1) is 13.2 Å². The Balaban J connectivity index is 1.69. The van der Waals surface area contributed by atoms with E-state index in [1.807, 2.05) is 0 Å². The Morgan fingerprint density at radius 3 is 2.48 bits per heavy atom. The van der Waals surface area contributed by atoms with E-state index in [1.165, 1.54) is 37.7 Å². The van der Waals surface area contributed by atoms with Crippen LogP contribution in [-0.4, -0.2) is 23.9 Å². The fourth-order valence-electron chi connectivity index (χ4n) is 3.49. The van der Waals surface area contributed by atoms with E-state index >= 15 is 0 Å². The zero-order valence-corrected chi connectivity index (χ0v) is 14.6. The minimum Gasteiger partial charge on any atom is -0.494 e. The molecule has 130 valence electrons. The third-order valence-corrected chi connectivity index (χ3v) is 5.08. The van der Waals surface area contributed by atoms with E-state index in [0.717, 1.165) is 38.0 Å². The summed E-state index contributed by atoms with van der Waals surface area (Å²) < 4.78 is 5.83. The van der Waals surface area contributed by atoms with Gasteiger partial charge >= 0.3 is 0 Å². The predicted octanol–water partition coefficient (Wildman–Crippen LogP) is 4.38. The predicted molar refractivity (Wildman–Crippen MR) is 95.9 cm³/mol. The topological polar surface area (TPSA) is 55.5 Å². The highest BCUT2D eigenvalue weighted by molar-refractivity contribution is 5.30. The molecule has 0 unspecified atom stereocenters. The minimum absolute atomic E-state index is 0.0863. The molecule has 23 heavy (non-hydrogen) atoms. The Hall–Kier alpha value is -1.06. The van der Waals surface area contributed by atoms with Crippen LogP contribution in [0.4, 0.5) is 0 Å². The minimum atomic E-state index is -0.377. The number of unbranched alkanes of at least 4 members (excludes halogenated alkanes) is 5. The summed E-state index contributed by atoms with van der Waals surface area (Å²) in [6.45, 7) is 3.14. The van der Waals surface area contributed by atoms with Crippen LogP contribution in [0.2, 0.25) is 0 Å². The van der Waals surface area contributed by atoms with Crippen LogP contribution in [0.5, 0.6) is 5.75 Å². The third-order valence-electron chi connectivity index (χ3n) is 5.08. The molecule has 0 bridgehead atoms. The molecule has 0 spiro atoms. The van der Waals surface area contributed by atoms with Crippen LogP contribution in [-0.2, 0) is 0 Å². The summed E-state index contributed by atoms with van der Waals surface area (Å²) in [5.41, 5.74) is 7.11. The van der Waals surface area contributed by atoms with Crippen LogP contribution >= 0.6 is 0 Å². The average molecular weight is 319 g/mol. The molecule has 0 saturated heterocycles. The Morgan fingerprint density at radius 1 is 1.13 bits per heavy atom. The smallest absolute Gasteiger partial charge is 0.119 e. The van der Waals surface area contributed by atoms with E-state index in [0.29, 0.717) is 5.92 Å². The van der Waals surface area contributed by atoms with Gasteiger partial charge in [0.25, 0.3) is 0 Å². The lowest BCUT2D eigenvalue weighted by Crippen LogP contribution is -2.40. The maximum Gasteiger partial charge on any atom is 0.119 e. The highest BCUT2D eigenvalue weighted by Crippen LogP contribution is 2.39. The number of nitrogens with two attached hydrogens (primary N) is 1. The Labute approximate surface area is 141 Å². The van der Waals surface area contributed by atoms with Crippen molar-refractivity contribution >= 4 is 0 Å². The summed E-state index contributed by atoms with van der Waals surface area (Å²) >= 11 is 0. The van der Waals surface area contributed by atoms with Gasteiger partial charge in [0.2, 0.25) is 0 Å². The molecular weight excluding hydrogens is 286 g/mol. The SMILES string of the molecule is CCCCCCCCOc1ccc([C@@H]2CC[C@@](N)(CO)C2)cc1. The molecule has 2 atom stereocenters. The standard InChI is InChI=1S/C20H33NO2/c1-2-3-4-5-6-7-14-23-19-10-8-17(9-11-19)18-12-13-20(21,15-18)16-22/h8-11,18,22H,2-7,12-16,21H2,1H3/t18-,20+/m1/s1. The molecule has 3 N–H and O–H groups in total. The Bertz CT molecular complexity index is 445. The van der Waals surface area contributed by atoms with Gasteiger partial charge in [-0.1, -0.05) is 51.2 Å². The first-order valence-electron chi connectivity index (χ1n) is 9.29. The Morgan fingerprint density at radius 2 is 1.83 bits per heavy atom. The summed E-state index contributed by atoms with van der Waals surface area (Å²) in [7, 11) is 0. The van der Waals surface area contributed by atoms with Gasteiger partial charge in [-0.05, 0) is 49.3 Å². The van der Waals surface area contributed by atoms with Crippen molar-refractivity contribution in [1.29, 1.82) is 0 Å². The number of ether oxygens (including phenoxy) is 1. The number of aliphatic hydroxyl groups is 1. The van der Waals surface area contributed by atoms with Gasteiger partial charge in [0, 0.05) is 5.54 Å². The first-order valence-corrected chi connectivity index (χ1v) is 9.29. The highest BCUT2D eigenvalue weighted by atomic mass is 16.5. The van der Waals surface area contributed by atoms with Crippen LogP contribution in [0.25, 0.3) is 0 Å². The van der Waals surface area contributed by atoms with E-state index in [-0.39, 0.29) is 12.1 Å². The van der Waals surface area contributed by atoms with Crippen LogP contribution in [0, 0.1) is 0 Å². The van der Waals surface area contributed by atoms with E-state index in [2.05, 4.69) is 31.2 Å². The molecule has 1 aromatic carbocycles. The van der Waals surface area contributed by atoms with Gasteiger partial charge in [0.15, 0.2) is 0 Å². The molecule has 0 aliphatic heterocycles. The van der Waals surface area contributed by atoms with Gasteiger partial charge in [-0.3, -0.25) is 0 Å². The molecule has 3 heteroatoms. The highest BCUT2D eigenvalue weighted by Gasteiger charge is 2.35. The molecule has 0 aromatic heterocycles. The number of hydrogen-bond acceptors (Lipinski definition) is 3. The lowest BCUT2D eigenvalue weighted by Gasteiger charge is -2.21. The van der Waals surface area contributed by atoms with Crippen LogP contribution in [0.1, 0.15) is 76.2 Å². The van der Waals surface area contributed by atoms with Gasteiger partial charge in [-0.2, -0.15) is 0 Å². The normalized spacial score (nSPS) is 24.0. The summed E-state index contributed by atoms with van der Waals surface area (Å²) in [5, 5.41) is 9.38.